The van der Waals surface area contributed by atoms with Gasteiger partial charge < -0.3 is 5.32 Å². The second-order valence-electron chi connectivity index (χ2n) is 6.71. The Morgan fingerprint density at radius 3 is 2.60 bits per heavy atom. The zero-order valence-corrected chi connectivity index (χ0v) is 13.5. The van der Waals surface area contributed by atoms with Crippen molar-refractivity contribution in [2.24, 2.45) is 7.05 Å². The normalized spacial score (nSPS) is 18.2. The van der Waals surface area contributed by atoms with Gasteiger partial charge in [0, 0.05) is 30.3 Å². The van der Waals surface area contributed by atoms with Crippen LogP contribution in [0.2, 0.25) is 0 Å². The lowest BCUT2D eigenvalue weighted by Crippen LogP contribution is -2.35. The van der Waals surface area contributed by atoms with E-state index in [0.29, 0.717) is 6.04 Å². The van der Waals surface area contributed by atoms with Crippen LogP contribution in [0.1, 0.15) is 63.1 Å². The lowest BCUT2D eigenvalue weighted by atomic mass is 9.88. The van der Waals surface area contributed by atoms with E-state index in [1.165, 1.54) is 12.8 Å². The molecular formula is C15H24ClN3O. The lowest BCUT2D eigenvalue weighted by molar-refractivity contribution is -0.121. The Kier molecular flexibility index (Phi) is 4.43. The number of alkyl halides is 1. The van der Waals surface area contributed by atoms with Gasteiger partial charge in [-0.1, -0.05) is 33.6 Å². The van der Waals surface area contributed by atoms with Crippen LogP contribution in [0.4, 0.5) is 0 Å². The van der Waals surface area contributed by atoms with Crippen LogP contribution in [0.3, 0.4) is 0 Å². The lowest BCUT2D eigenvalue weighted by Gasteiger charge is -2.20. The van der Waals surface area contributed by atoms with Crippen LogP contribution in [0.25, 0.3) is 0 Å². The van der Waals surface area contributed by atoms with Gasteiger partial charge in [0.15, 0.2) is 0 Å². The molecule has 1 aromatic rings. The summed E-state index contributed by atoms with van der Waals surface area (Å²) in [5.74, 6) is -0.0999. The molecule has 0 bridgehead atoms. The SMILES string of the molecule is Cn1cc(C(Cl)C(=O)NC2CCCC2)c(C(C)(C)C)n1. The summed E-state index contributed by atoms with van der Waals surface area (Å²) in [7, 11) is 1.86. The fourth-order valence-corrected chi connectivity index (χ4v) is 2.98. The second-order valence-corrected chi connectivity index (χ2v) is 7.15. The van der Waals surface area contributed by atoms with Crippen molar-refractivity contribution in [2.75, 3.05) is 0 Å². The van der Waals surface area contributed by atoms with Gasteiger partial charge in [-0.3, -0.25) is 9.48 Å². The number of amides is 1. The first kappa shape index (κ1) is 15.4. The van der Waals surface area contributed by atoms with Gasteiger partial charge in [0.1, 0.15) is 5.38 Å². The quantitative estimate of drug-likeness (QED) is 0.872. The molecule has 2 rings (SSSR count). The van der Waals surface area contributed by atoms with Crippen molar-refractivity contribution in [1.29, 1.82) is 0 Å². The third-order valence-corrected chi connectivity index (χ3v) is 4.21. The molecule has 20 heavy (non-hydrogen) atoms. The monoisotopic (exact) mass is 297 g/mol. The van der Waals surface area contributed by atoms with Crippen molar-refractivity contribution in [2.45, 2.75) is 63.3 Å². The largest absolute Gasteiger partial charge is 0.352 e. The summed E-state index contributed by atoms with van der Waals surface area (Å²) in [6.07, 6.45) is 6.37. The number of aromatic nitrogens is 2. The van der Waals surface area contributed by atoms with E-state index in [9.17, 15) is 4.79 Å². The summed E-state index contributed by atoms with van der Waals surface area (Å²) in [5.41, 5.74) is 1.58. The first-order valence-electron chi connectivity index (χ1n) is 7.27. The highest BCUT2D eigenvalue weighted by atomic mass is 35.5. The standard InChI is InChI=1S/C15H24ClN3O/c1-15(2,3)13-11(9-19(4)18-13)12(16)14(20)17-10-7-5-6-8-10/h9-10,12H,5-8H2,1-4H3,(H,17,20). The average molecular weight is 298 g/mol. The number of hydrogen-bond donors (Lipinski definition) is 1. The first-order valence-corrected chi connectivity index (χ1v) is 7.71. The van der Waals surface area contributed by atoms with Crippen LogP contribution in [-0.2, 0) is 17.3 Å². The van der Waals surface area contributed by atoms with Crippen LogP contribution >= 0.6 is 11.6 Å². The minimum Gasteiger partial charge on any atom is -0.352 e. The second kappa shape index (κ2) is 5.76. The van der Waals surface area contributed by atoms with Crippen LogP contribution in [0, 0.1) is 0 Å². The van der Waals surface area contributed by atoms with Gasteiger partial charge in [0.2, 0.25) is 5.91 Å². The summed E-state index contributed by atoms with van der Waals surface area (Å²) in [5, 5.41) is 6.86. The molecule has 1 atom stereocenters. The van der Waals surface area contributed by atoms with E-state index in [1.54, 1.807) is 4.68 Å². The number of nitrogens with one attached hydrogen (secondary N) is 1. The molecule has 5 heteroatoms. The molecule has 4 nitrogen and oxygen atoms in total. The molecule has 1 aliphatic rings. The fraction of sp³-hybridized carbons (Fsp3) is 0.733. The van der Waals surface area contributed by atoms with Crippen molar-refractivity contribution in [3.05, 3.63) is 17.5 Å². The van der Waals surface area contributed by atoms with Crippen molar-refractivity contribution >= 4 is 17.5 Å². The van der Waals surface area contributed by atoms with Crippen molar-refractivity contribution in [3.8, 4) is 0 Å². The predicted octanol–water partition coefficient (Wildman–Crippen LogP) is 3.06. The Morgan fingerprint density at radius 1 is 1.45 bits per heavy atom. The number of hydrogen-bond acceptors (Lipinski definition) is 2. The van der Waals surface area contributed by atoms with Crippen LogP contribution in [0.15, 0.2) is 6.20 Å². The van der Waals surface area contributed by atoms with Crippen molar-refractivity contribution in [1.82, 2.24) is 15.1 Å². The number of carbonyl (C=O) groups is 1. The summed E-state index contributed by atoms with van der Waals surface area (Å²) in [4.78, 5) is 12.3. The van der Waals surface area contributed by atoms with Gasteiger partial charge in [-0.15, -0.1) is 11.6 Å². The zero-order valence-electron chi connectivity index (χ0n) is 12.7. The van der Waals surface area contributed by atoms with Crippen molar-refractivity contribution < 1.29 is 4.79 Å². The summed E-state index contributed by atoms with van der Waals surface area (Å²) >= 11 is 6.39. The maximum atomic E-state index is 12.3. The van der Waals surface area contributed by atoms with Gasteiger partial charge in [-0.25, -0.2) is 0 Å². The van der Waals surface area contributed by atoms with Gasteiger partial charge in [0.25, 0.3) is 0 Å². The highest BCUT2D eigenvalue weighted by molar-refractivity contribution is 6.30. The van der Waals surface area contributed by atoms with Crippen LogP contribution in [0.5, 0.6) is 0 Å². The molecule has 1 heterocycles. The van der Waals surface area contributed by atoms with E-state index < -0.39 is 5.38 Å². The Hall–Kier alpha value is -1.03. The van der Waals surface area contributed by atoms with Crippen molar-refractivity contribution in [3.63, 3.8) is 0 Å². The zero-order chi connectivity index (χ0) is 14.9. The highest BCUT2D eigenvalue weighted by Gasteiger charge is 2.30. The summed E-state index contributed by atoms with van der Waals surface area (Å²) in [6, 6.07) is 0.290. The van der Waals surface area contributed by atoms with E-state index >= 15 is 0 Å². The minimum absolute atomic E-state index is 0.0999. The first-order chi connectivity index (χ1) is 9.29. The predicted molar refractivity (Wildman–Crippen MR) is 80.9 cm³/mol. The summed E-state index contributed by atoms with van der Waals surface area (Å²) < 4.78 is 1.73. The molecule has 1 N–H and O–H groups in total. The maximum Gasteiger partial charge on any atom is 0.242 e. The highest BCUT2D eigenvalue weighted by Crippen LogP contribution is 2.32. The Labute approximate surface area is 125 Å². The molecule has 0 spiro atoms. The smallest absolute Gasteiger partial charge is 0.242 e. The molecular weight excluding hydrogens is 274 g/mol. The molecule has 1 aromatic heterocycles. The Balaban J connectivity index is 2.15. The maximum absolute atomic E-state index is 12.3. The van der Waals surface area contributed by atoms with Gasteiger partial charge in [-0.2, -0.15) is 5.10 Å². The molecule has 0 radical (unpaired) electrons. The molecule has 0 aliphatic heterocycles. The Morgan fingerprint density at radius 2 is 2.05 bits per heavy atom. The molecule has 0 aromatic carbocycles. The number of carbonyl (C=O) groups excluding carboxylic acids is 1. The fourth-order valence-electron chi connectivity index (χ4n) is 2.76. The number of aryl methyl sites for hydroxylation is 1. The van der Waals surface area contributed by atoms with Crippen LogP contribution in [-0.4, -0.2) is 21.7 Å². The number of nitrogens with zero attached hydrogens (tertiary/aromatic N) is 2. The van der Waals surface area contributed by atoms with Crippen LogP contribution < -0.4 is 5.32 Å². The molecule has 0 saturated heterocycles. The van der Waals surface area contributed by atoms with Gasteiger partial charge >= 0.3 is 0 Å². The molecule has 1 unspecified atom stereocenters. The number of halogens is 1. The molecule has 1 saturated carbocycles. The number of rotatable bonds is 3. The minimum atomic E-state index is -0.668. The Bertz CT molecular complexity index is 484. The van der Waals surface area contributed by atoms with E-state index in [1.807, 2.05) is 13.2 Å². The van der Waals surface area contributed by atoms with E-state index in [-0.39, 0.29) is 11.3 Å². The van der Waals surface area contributed by atoms with E-state index in [2.05, 4.69) is 31.2 Å². The molecule has 1 aliphatic carbocycles. The summed E-state index contributed by atoms with van der Waals surface area (Å²) in [6.45, 7) is 6.24. The van der Waals surface area contributed by atoms with E-state index in [4.69, 9.17) is 11.6 Å². The molecule has 112 valence electrons. The third-order valence-electron chi connectivity index (χ3n) is 3.77. The average Bonchev–Trinajstić information content (AvgIpc) is 2.96. The molecule has 1 fully saturated rings. The van der Waals surface area contributed by atoms with Gasteiger partial charge in [-0.05, 0) is 12.8 Å². The van der Waals surface area contributed by atoms with E-state index in [0.717, 1.165) is 24.1 Å². The van der Waals surface area contributed by atoms with Gasteiger partial charge in [0.05, 0.1) is 5.69 Å². The molecule has 1 amide bonds. The topological polar surface area (TPSA) is 46.9 Å². The third kappa shape index (κ3) is 3.35.